The molecule has 1 aliphatic carbocycles. The van der Waals surface area contributed by atoms with Crippen molar-refractivity contribution in [2.45, 2.75) is 50.5 Å². The predicted molar refractivity (Wildman–Crippen MR) is 93.7 cm³/mol. The lowest BCUT2D eigenvalue weighted by atomic mass is 10.1. The molecule has 134 valence electrons. The summed E-state index contributed by atoms with van der Waals surface area (Å²) in [4.78, 5) is 22.0. The fraction of sp³-hybridized carbons (Fsp3) is 0.471. The first-order valence-corrected chi connectivity index (χ1v) is 8.89. The summed E-state index contributed by atoms with van der Waals surface area (Å²) in [5.74, 6) is 0.0768. The third-order valence-corrected chi connectivity index (χ3v) is 5.69. The molecule has 2 heterocycles. The maximum atomic E-state index is 12.8. The summed E-state index contributed by atoms with van der Waals surface area (Å²) in [6.45, 7) is 3.33. The highest BCUT2D eigenvalue weighted by molar-refractivity contribution is 7.14. The van der Waals surface area contributed by atoms with Crippen LogP contribution in [0.4, 0.5) is 5.82 Å². The highest BCUT2D eigenvalue weighted by Crippen LogP contribution is 2.30. The van der Waals surface area contributed by atoms with Gasteiger partial charge in [-0.1, -0.05) is 0 Å². The van der Waals surface area contributed by atoms with Crippen LogP contribution in [0.2, 0.25) is 0 Å². The quantitative estimate of drug-likeness (QED) is 0.592. The van der Waals surface area contributed by atoms with Gasteiger partial charge in [0, 0.05) is 11.1 Å². The minimum atomic E-state index is -1.01. The second kappa shape index (κ2) is 6.80. The molecule has 0 saturated heterocycles. The molecule has 2 aromatic heterocycles. The van der Waals surface area contributed by atoms with Crippen LogP contribution in [0.25, 0.3) is 0 Å². The van der Waals surface area contributed by atoms with Crippen LogP contribution in [0.15, 0.2) is 24.7 Å². The molecule has 1 fully saturated rings. The van der Waals surface area contributed by atoms with Crippen molar-refractivity contribution in [3.05, 3.63) is 40.0 Å². The van der Waals surface area contributed by atoms with E-state index in [9.17, 15) is 20.1 Å². The number of anilines is 1. The molecule has 4 N–H and O–H groups in total. The molecule has 25 heavy (non-hydrogen) atoms. The number of rotatable bonds is 5. The first-order valence-electron chi connectivity index (χ1n) is 8.07. The van der Waals surface area contributed by atoms with E-state index in [-0.39, 0.29) is 11.8 Å². The van der Waals surface area contributed by atoms with Crippen molar-refractivity contribution in [1.82, 2.24) is 9.97 Å². The SMILES string of the molecule is CC(C)(O)c1ccc(C(=O)c2cncnc2N[C@@H]2CC[C@@H](O)[C@H]2O)s1. The number of thiophene rings is 1. The molecule has 3 rings (SSSR count). The molecule has 0 spiro atoms. The normalized spacial score (nSPS) is 23.6. The Labute approximate surface area is 149 Å². The van der Waals surface area contributed by atoms with Crippen molar-refractivity contribution in [1.29, 1.82) is 0 Å². The van der Waals surface area contributed by atoms with Gasteiger partial charge in [0.05, 0.1) is 34.3 Å². The summed E-state index contributed by atoms with van der Waals surface area (Å²) in [7, 11) is 0. The zero-order valence-corrected chi connectivity index (χ0v) is 14.8. The summed E-state index contributed by atoms with van der Waals surface area (Å²) < 4.78 is 0. The molecule has 0 radical (unpaired) electrons. The summed E-state index contributed by atoms with van der Waals surface area (Å²) in [6, 6.07) is 3.03. The maximum absolute atomic E-state index is 12.8. The molecular weight excluding hydrogens is 342 g/mol. The Bertz CT molecular complexity index is 771. The molecule has 3 atom stereocenters. The maximum Gasteiger partial charge on any atom is 0.208 e. The van der Waals surface area contributed by atoms with Gasteiger partial charge in [-0.05, 0) is 38.8 Å². The van der Waals surface area contributed by atoms with Crippen molar-refractivity contribution in [2.75, 3.05) is 5.32 Å². The van der Waals surface area contributed by atoms with Gasteiger partial charge in [-0.25, -0.2) is 9.97 Å². The van der Waals surface area contributed by atoms with E-state index in [0.717, 1.165) is 0 Å². The van der Waals surface area contributed by atoms with Gasteiger partial charge in [0.15, 0.2) is 0 Å². The molecule has 0 bridgehead atoms. The topological polar surface area (TPSA) is 116 Å². The van der Waals surface area contributed by atoms with E-state index >= 15 is 0 Å². The number of aromatic nitrogens is 2. The van der Waals surface area contributed by atoms with Crippen molar-refractivity contribution in [3.63, 3.8) is 0 Å². The molecule has 2 aromatic rings. The fourth-order valence-electron chi connectivity index (χ4n) is 2.83. The van der Waals surface area contributed by atoms with Gasteiger partial charge < -0.3 is 20.6 Å². The van der Waals surface area contributed by atoms with Crippen LogP contribution in [-0.2, 0) is 5.60 Å². The first kappa shape index (κ1) is 17.9. The highest BCUT2D eigenvalue weighted by atomic mass is 32.1. The van der Waals surface area contributed by atoms with Crippen LogP contribution in [-0.4, -0.2) is 49.3 Å². The van der Waals surface area contributed by atoms with Gasteiger partial charge in [0.1, 0.15) is 12.1 Å². The van der Waals surface area contributed by atoms with Crippen LogP contribution in [0.3, 0.4) is 0 Å². The summed E-state index contributed by atoms with van der Waals surface area (Å²) in [5, 5.41) is 32.8. The molecule has 0 aliphatic heterocycles. The van der Waals surface area contributed by atoms with E-state index in [2.05, 4.69) is 15.3 Å². The lowest BCUT2D eigenvalue weighted by molar-refractivity contribution is 0.0391. The summed E-state index contributed by atoms with van der Waals surface area (Å²) in [5.41, 5.74) is -0.720. The monoisotopic (exact) mass is 363 g/mol. The molecule has 0 aromatic carbocycles. The molecule has 8 heteroatoms. The minimum absolute atomic E-state index is 0.253. The van der Waals surface area contributed by atoms with Crippen LogP contribution >= 0.6 is 11.3 Å². The van der Waals surface area contributed by atoms with E-state index < -0.39 is 17.8 Å². The van der Waals surface area contributed by atoms with Crippen molar-refractivity contribution < 1.29 is 20.1 Å². The van der Waals surface area contributed by atoms with Gasteiger partial charge in [0.25, 0.3) is 0 Å². The number of hydrogen-bond donors (Lipinski definition) is 4. The third-order valence-electron chi connectivity index (χ3n) is 4.29. The number of hydrogen-bond acceptors (Lipinski definition) is 8. The number of carbonyl (C=O) groups excluding carboxylic acids is 1. The predicted octanol–water partition coefficient (Wildman–Crippen LogP) is 1.29. The average Bonchev–Trinajstić information content (AvgIpc) is 3.17. The summed E-state index contributed by atoms with van der Waals surface area (Å²) in [6.07, 6.45) is 2.16. The molecule has 1 aliphatic rings. The Hall–Kier alpha value is -1.87. The van der Waals surface area contributed by atoms with E-state index in [4.69, 9.17) is 0 Å². The molecule has 1 saturated carbocycles. The Balaban J connectivity index is 1.85. The standard InChI is InChI=1S/C17H21N3O4S/c1-17(2,24)13-6-5-12(25-13)14(22)9-7-18-8-19-16(9)20-10-3-4-11(21)15(10)23/h5-8,10-11,15,21,23-24H,3-4H2,1-2H3,(H,18,19,20)/t10-,11-,15+/m1/s1. The Morgan fingerprint density at radius 1 is 1.32 bits per heavy atom. The zero-order chi connectivity index (χ0) is 18.2. The van der Waals surface area contributed by atoms with Crippen LogP contribution in [0, 0.1) is 0 Å². The van der Waals surface area contributed by atoms with Gasteiger partial charge >= 0.3 is 0 Å². The smallest absolute Gasteiger partial charge is 0.208 e. The van der Waals surface area contributed by atoms with Crippen molar-refractivity contribution in [3.8, 4) is 0 Å². The number of aliphatic hydroxyl groups is 3. The molecule has 0 amide bonds. The minimum Gasteiger partial charge on any atom is -0.390 e. The second-order valence-electron chi connectivity index (χ2n) is 6.72. The highest BCUT2D eigenvalue weighted by Gasteiger charge is 2.34. The zero-order valence-electron chi connectivity index (χ0n) is 14.0. The van der Waals surface area contributed by atoms with Gasteiger partial charge in [0.2, 0.25) is 5.78 Å². The molecule has 7 nitrogen and oxygen atoms in total. The third kappa shape index (κ3) is 3.72. The number of ketones is 1. The lowest BCUT2D eigenvalue weighted by Crippen LogP contribution is -2.35. The second-order valence-corrected chi connectivity index (χ2v) is 7.81. The van der Waals surface area contributed by atoms with E-state index in [0.29, 0.717) is 34.0 Å². The summed E-state index contributed by atoms with van der Waals surface area (Å²) >= 11 is 1.22. The van der Waals surface area contributed by atoms with Crippen molar-refractivity contribution >= 4 is 22.9 Å². The Kier molecular flexibility index (Phi) is 4.88. The number of nitrogens with zero attached hydrogens (tertiary/aromatic N) is 2. The Morgan fingerprint density at radius 3 is 2.68 bits per heavy atom. The fourth-order valence-corrected chi connectivity index (χ4v) is 3.79. The van der Waals surface area contributed by atoms with Gasteiger partial charge in [-0.3, -0.25) is 4.79 Å². The number of nitrogens with one attached hydrogen (secondary N) is 1. The van der Waals surface area contributed by atoms with Gasteiger partial charge in [-0.15, -0.1) is 11.3 Å². The number of aliphatic hydroxyl groups excluding tert-OH is 2. The molecule has 0 unspecified atom stereocenters. The van der Waals surface area contributed by atoms with Gasteiger partial charge in [-0.2, -0.15) is 0 Å². The largest absolute Gasteiger partial charge is 0.390 e. The van der Waals surface area contributed by atoms with Crippen LogP contribution < -0.4 is 5.32 Å². The van der Waals surface area contributed by atoms with E-state index in [1.165, 1.54) is 23.9 Å². The van der Waals surface area contributed by atoms with E-state index in [1.54, 1.807) is 26.0 Å². The van der Waals surface area contributed by atoms with E-state index in [1.807, 2.05) is 0 Å². The van der Waals surface area contributed by atoms with Crippen LogP contribution in [0.1, 0.15) is 46.8 Å². The molecular formula is C17H21N3O4S. The lowest BCUT2D eigenvalue weighted by Gasteiger charge is -2.19. The van der Waals surface area contributed by atoms with Crippen molar-refractivity contribution in [2.24, 2.45) is 0 Å². The number of carbonyl (C=O) groups is 1. The Morgan fingerprint density at radius 2 is 2.08 bits per heavy atom. The van der Waals surface area contributed by atoms with Crippen LogP contribution in [0.5, 0.6) is 0 Å². The average molecular weight is 363 g/mol. The first-order chi connectivity index (χ1) is 11.8.